The normalized spacial score (nSPS) is 10.9. The van der Waals surface area contributed by atoms with Crippen LogP contribution in [0, 0.1) is 13.8 Å². The fraction of sp³-hybridized carbons (Fsp3) is 0.444. The van der Waals surface area contributed by atoms with Crippen molar-refractivity contribution in [3.05, 3.63) is 47.3 Å². The van der Waals surface area contributed by atoms with Crippen LogP contribution < -0.4 is 10.6 Å². The topological polar surface area (TPSA) is 45.1 Å². The molecule has 0 unspecified atom stereocenters. The van der Waals surface area contributed by atoms with Gasteiger partial charge in [-0.3, -0.25) is 0 Å². The van der Waals surface area contributed by atoms with Gasteiger partial charge in [-0.25, -0.2) is 4.68 Å². The quantitative estimate of drug-likeness (QED) is 0.596. The first-order valence-electron chi connectivity index (χ1n) is 8.26. The third-order valence-corrected chi connectivity index (χ3v) is 4.22. The van der Waals surface area contributed by atoms with Gasteiger partial charge in [0.1, 0.15) is 0 Å². The molecule has 0 aliphatic heterocycles. The van der Waals surface area contributed by atoms with Gasteiger partial charge in [0.15, 0.2) is 5.11 Å². The van der Waals surface area contributed by atoms with E-state index in [1.807, 2.05) is 29.8 Å². The molecular weight excluding hydrogens is 318 g/mol. The first kappa shape index (κ1) is 18.4. The van der Waals surface area contributed by atoms with Crippen LogP contribution in [0.25, 0.3) is 5.69 Å². The molecule has 1 aromatic heterocycles. The van der Waals surface area contributed by atoms with E-state index in [1.54, 1.807) is 0 Å². The highest BCUT2D eigenvalue weighted by Gasteiger charge is 2.12. The van der Waals surface area contributed by atoms with Gasteiger partial charge in [-0.05, 0) is 65.3 Å². The molecule has 2 rings (SSSR count). The number of hydrogen-bond acceptors (Lipinski definition) is 3. The van der Waals surface area contributed by atoms with E-state index >= 15 is 0 Å². The summed E-state index contributed by atoms with van der Waals surface area (Å²) in [4.78, 5) is 2.17. The number of thiocarbonyl (C=S) groups is 1. The van der Waals surface area contributed by atoms with Crippen molar-refractivity contribution in [1.29, 1.82) is 0 Å². The zero-order chi connectivity index (χ0) is 17.5. The van der Waals surface area contributed by atoms with Crippen molar-refractivity contribution >= 4 is 17.3 Å². The number of aryl methyl sites for hydroxylation is 1. The van der Waals surface area contributed by atoms with Gasteiger partial charge in [0.2, 0.25) is 0 Å². The van der Waals surface area contributed by atoms with Gasteiger partial charge in [0.25, 0.3) is 0 Å². The van der Waals surface area contributed by atoms with E-state index < -0.39 is 0 Å². The highest BCUT2D eigenvalue weighted by atomic mass is 32.1. The van der Waals surface area contributed by atoms with Crippen LogP contribution in [0.3, 0.4) is 0 Å². The number of nitrogens with zero attached hydrogens (tertiary/aromatic N) is 3. The summed E-state index contributed by atoms with van der Waals surface area (Å²) in [5.74, 6) is 0. The second kappa shape index (κ2) is 8.80. The molecule has 0 aliphatic rings. The number of nitrogens with one attached hydrogen (secondary N) is 2. The first-order valence-corrected chi connectivity index (χ1v) is 8.67. The summed E-state index contributed by atoms with van der Waals surface area (Å²) in [6, 6.07) is 10.2. The summed E-state index contributed by atoms with van der Waals surface area (Å²) in [7, 11) is 4.15. The van der Waals surface area contributed by atoms with E-state index in [4.69, 9.17) is 12.2 Å². The maximum absolute atomic E-state index is 5.36. The summed E-state index contributed by atoms with van der Waals surface area (Å²) in [6.07, 6.45) is 1.07. The van der Waals surface area contributed by atoms with Crippen molar-refractivity contribution in [2.45, 2.75) is 26.8 Å². The average molecular weight is 346 g/mol. The second-order valence-electron chi connectivity index (χ2n) is 6.16. The minimum absolute atomic E-state index is 0.685. The number of aromatic nitrogens is 2. The summed E-state index contributed by atoms with van der Waals surface area (Å²) in [5.41, 5.74) is 4.44. The lowest BCUT2D eigenvalue weighted by Crippen LogP contribution is -2.36. The molecule has 1 heterocycles. The molecule has 130 valence electrons. The summed E-state index contributed by atoms with van der Waals surface area (Å²) < 4.78 is 1.99. The van der Waals surface area contributed by atoms with Crippen molar-refractivity contribution in [2.24, 2.45) is 0 Å². The maximum atomic E-state index is 5.36. The molecule has 24 heavy (non-hydrogen) atoms. The Morgan fingerprint density at radius 2 is 1.88 bits per heavy atom. The van der Waals surface area contributed by atoms with Gasteiger partial charge < -0.3 is 15.5 Å². The van der Waals surface area contributed by atoms with Gasteiger partial charge in [-0.2, -0.15) is 5.10 Å². The van der Waals surface area contributed by atoms with Gasteiger partial charge in [0.05, 0.1) is 11.4 Å². The minimum Gasteiger partial charge on any atom is -0.363 e. The summed E-state index contributed by atoms with van der Waals surface area (Å²) >= 11 is 5.36. The Balaban J connectivity index is 1.91. The Hall–Kier alpha value is -1.92. The number of para-hydroxylation sites is 1. The number of rotatable bonds is 7. The summed E-state index contributed by atoms with van der Waals surface area (Å²) in [5, 5.41) is 11.9. The Morgan fingerprint density at radius 3 is 2.54 bits per heavy atom. The molecule has 1 aromatic carbocycles. The van der Waals surface area contributed by atoms with Crippen molar-refractivity contribution in [1.82, 2.24) is 25.3 Å². The van der Waals surface area contributed by atoms with Crippen LogP contribution in [0.2, 0.25) is 0 Å². The van der Waals surface area contributed by atoms with Crippen LogP contribution >= 0.6 is 12.2 Å². The largest absolute Gasteiger partial charge is 0.363 e. The summed E-state index contributed by atoms with van der Waals surface area (Å²) in [6.45, 7) is 6.75. The van der Waals surface area contributed by atoms with Crippen molar-refractivity contribution in [2.75, 3.05) is 27.2 Å². The maximum Gasteiger partial charge on any atom is 0.166 e. The van der Waals surface area contributed by atoms with Gasteiger partial charge in [-0.15, -0.1) is 0 Å². The average Bonchev–Trinajstić information content (AvgIpc) is 2.85. The van der Waals surface area contributed by atoms with E-state index in [2.05, 4.69) is 53.8 Å². The zero-order valence-electron chi connectivity index (χ0n) is 15.0. The third kappa shape index (κ3) is 5.04. The first-order chi connectivity index (χ1) is 11.5. The second-order valence-corrected chi connectivity index (χ2v) is 6.57. The fourth-order valence-corrected chi connectivity index (χ4v) is 2.75. The molecule has 0 atom stereocenters. The molecule has 0 radical (unpaired) electrons. The van der Waals surface area contributed by atoms with Crippen LogP contribution in [0.5, 0.6) is 0 Å². The predicted octanol–water partition coefficient (Wildman–Crippen LogP) is 2.40. The van der Waals surface area contributed by atoms with Crippen molar-refractivity contribution in [3.63, 3.8) is 0 Å². The molecule has 0 spiro atoms. The molecule has 5 nitrogen and oxygen atoms in total. The van der Waals surface area contributed by atoms with Crippen molar-refractivity contribution in [3.8, 4) is 5.69 Å². The smallest absolute Gasteiger partial charge is 0.166 e. The Morgan fingerprint density at radius 1 is 1.17 bits per heavy atom. The van der Waals surface area contributed by atoms with E-state index in [1.165, 1.54) is 5.56 Å². The molecule has 2 N–H and O–H groups in total. The highest BCUT2D eigenvalue weighted by molar-refractivity contribution is 7.80. The molecule has 0 bridgehead atoms. The lowest BCUT2D eigenvalue weighted by atomic mass is 10.2. The molecule has 0 saturated heterocycles. The Bertz CT molecular complexity index is 664. The zero-order valence-corrected chi connectivity index (χ0v) is 15.8. The molecule has 0 fully saturated rings. The molecule has 0 amide bonds. The lowest BCUT2D eigenvalue weighted by molar-refractivity contribution is 0.400. The van der Waals surface area contributed by atoms with E-state index in [0.717, 1.165) is 36.6 Å². The predicted molar refractivity (Wildman–Crippen MR) is 104 cm³/mol. The Kier molecular flexibility index (Phi) is 6.75. The van der Waals surface area contributed by atoms with Crippen LogP contribution in [0.15, 0.2) is 30.3 Å². The SMILES string of the molecule is Cc1nn(-c2ccccc2)c(C)c1CNC(=S)NCCCN(C)C. The molecule has 0 saturated carbocycles. The van der Waals surface area contributed by atoms with E-state index in [9.17, 15) is 0 Å². The molecule has 2 aromatic rings. The minimum atomic E-state index is 0.685. The van der Waals surface area contributed by atoms with E-state index in [-0.39, 0.29) is 0 Å². The van der Waals surface area contributed by atoms with Crippen LogP contribution in [0.4, 0.5) is 0 Å². The van der Waals surface area contributed by atoms with Crippen LogP contribution in [-0.4, -0.2) is 47.0 Å². The van der Waals surface area contributed by atoms with E-state index in [0.29, 0.717) is 11.7 Å². The standard InChI is InChI=1S/C18H27N5S/c1-14-17(13-20-18(24)19-11-8-12-22(3)4)15(2)23(21-14)16-9-6-5-7-10-16/h5-7,9-10H,8,11-13H2,1-4H3,(H2,19,20,24). The molecular formula is C18H27N5S. The van der Waals surface area contributed by atoms with Crippen LogP contribution in [0.1, 0.15) is 23.4 Å². The highest BCUT2D eigenvalue weighted by Crippen LogP contribution is 2.17. The molecule has 6 heteroatoms. The number of hydrogen-bond donors (Lipinski definition) is 2. The molecule has 0 aliphatic carbocycles. The monoisotopic (exact) mass is 345 g/mol. The fourth-order valence-electron chi connectivity index (χ4n) is 2.58. The van der Waals surface area contributed by atoms with Gasteiger partial charge >= 0.3 is 0 Å². The van der Waals surface area contributed by atoms with Gasteiger partial charge in [0, 0.05) is 24.3 Å². The van der Waals surface area contributed by atoms with Crippen molar-refractivity contribution < 1.29 is 0 Å². The third-order valence-electron chi connectivity index (χ3n) is 3.94. The van der Waals surface area contributed by atoms with Gasteiger partial charge in [-0.1, -0.05) is 18.2 Å². The van der Waals surface area contributed by atoms with Crippen LogP contribution in [-0.2, 0) is 6.54 Å². The lowest BCUT2D eigenvalue weighted by Gasteiger charge is -2.13. The number of benzene rings is 1. The Labute approximate surface area is 150 Å².